The average Bonchev–Trinajstić information content (AvgIpc) is 2.69. The molecule has 1 aromatic rings. The summed E-state index contributed by atoms with van der Waals surface area (Å²) in [5, 5.41) is 0. The van der Waals surface area contributed by atoms with Crippen molar-refractivity contribution in [1.82, 2.24) is 4.90 Å². The standard InChI is InChI=1S/C15H18N2O3/c1-9(18)6-7-14(10(2)19)17-8-12-11(15(17)20)4-3-5-13(12)16/h3-5,14H,6-8,16H2,1-2H3. The summed E-state index contributed by atoms with van der Waals surface area (Å²) in [7, 11) is 0. The van der Waals surface area contributed by atoms with Crippen LogP contribution in [0, 0.1) is 0 Å². The highest BCUT2D eigenvalue weighted by molar-refractivity contribution is 6.02. The molecule has 0 fully saturated rings. The molecule has 1 aromatic carbocycles. The van der Waals surface area contributed by atoms with Crippen molar-refractivity contribution in [2.45, 2.75) is 39.3 Å². The van der Waals surface area contributed by atoms with Crippen molar-refractivity contribution in [3.05, 3.63) is 29.3 Å². The SMILES string of the molecule is CC(=O)CCC(C(C)=O)N1Cc2c(N)cccc2C1=O. The fourth-order valence-corrected chi connectivity index (χ4v) is 2.55. The Labute approximate surface area is 117 Å². The predicted octanol–water partition coefficient (Wildman–Crippen LogP) is 1.55. The average molecular weight is 274 g/mol. The van der Waals surface area contributed by atoms with Gasteiger partial charge in [0, 0.05) is 29.8 Å². The van der Waals surface area contributed by atoms with Gasteiger partial charge in [0.25, 0.3) is 5.91 Å². The van der Waals surface area contributed by atoms with Crippen molar-refractivity contribution >= 4 is 23.2 Å². The summed E-state index contributed by atoms with van der Waals surface area (Å²) in [4.78, 5) is 36.8. The Balaban J connectivity index is 2.25. The summed E-state index contributed by atoms with van der Waals surface area (Å²) in [6, 6.07) is 4.64. The van der Waals surface area contributed by atoms with Crippen molar-refractivity contribution in [3.63, 3.8) is 0 Å². The number of nitrogen functional groups attached to an aromatic ring is 1. The maximum Gasteiger partial charge on any atom is 0.255 e. The molecule has 0 saturated heterocycles. The monoisotopic (exact) mass is 274 g/mol. The predicted molar refractivity (Wildman–Crippen MR) is 75.1 cm³/mol. The Morgan fingerprint density at radius 1 is 1.35 bits per heavy atom. The number of anilines is 1. The van der Waals surface area contributed by atoms with Crippen LogP contribution in [0.15, 0.2) is 18.2 Å². The summed E-state index contributed by atoms with van der Waals surface area (Å²) < 4.78 is 0. The summed E-state index contributed by atoms with van der Waals surface area (Å²) in [6.07, 6.45) is 0.657. The smallest absolute Gasteiger partial charge is 0.255 e. The number of nitrogens with two attached hydrogens (primary N) is 1. The van der Waals surface area contributed by atoms with E-state index < -0.39 is 6.04 Å². The molecule has 0 radical (unpaired) electrons. The van der Waals surface area contributed by atoms with Gasteiger partial charge in [-0.25, -0.2) is 0 Å². The van der Waals surface area contributed by atoms with Crippen LogP contribution in [-0.4, -0.2) is 28.4 Å². The zero-order chi connectivity index (χ0) is 14.9. The molecule has 2 N–H and O–H groups in total. The van der Waals surface area contributed by atoms with E-state index in [4.69, 9.17) is 5.73 Å². The zero-order valence-corrected chi connectivity index (χ0v) is 11.7. The Morgan fingerprint density at radius 2 is 2.05 bits per heavy atom. The van der Waals surface area contributed by atoms with Gasteiger partial charge in [-0.05, 0) is 32.4 Å². The minimum Gasteiger partial charge on any atom is -0.398 e. The third kappa shape index (κ3) is 2.57. The van der Waals surface area contributed by atoms with Gasteiger partial charge in [0.2, 0.25) is 0 Å². The molecule has 1 aliphatic rings. The van der Waals surface area contributed by atoms with Gasteiger partial charge < -0.3 is 15.4 Å². The number of Topliss-reactive ketones (excluding diaryl/α,β-unsaturated/α-hetero) is 2. The molecule has 1 atom stereocenters. The highest BCUT2D eigenvalue weighted by atomic mass is 16.2. The van der Waals surface area contributed by atoms with Crippen LogP contribution in [0.5, 0.6) is 0 Å². The van der Waals surface area contributed by atoms with Crippen molar-refractivity contribution in [2.75, 3.05) is 5.73 Å². The Kier molecular flexibility index (Phi) is 3.88. The second kappa shape index (κ2) is 5.45. The second-order valence-corrected chi connectivity index (χ2v) is 5.17. The van der Waals surface area contributed by atoms with Crippen LogP contribution in [0.25, 0.3) is 0 Å². The molecule has 5 nitrogen and oxygen atoms in total. The molecule has 0 bridgehead atoms. The third-order valence-electron chi connectivity index (χ3n) is 3.65. The lowest BCUT2D eigenvalue weighted by Crippen LogP contribution is -2.40. The van der Waals surface area contributed by atoms with Crippen LogP contribution in [0.2, 0.25) is 0 Å². The molecule has 1 heterocycles. The van der Waals surface area contributed by atoms with Crippen LogP contribution in [0.1, 0.15) is 42.6 Å². The van der Waals surface area contributed by atoms with Gasteiger partial charge in [-0.15, -0.1) is 0 Å². The van der Waals surface area contributed by atoms with Gasteiger partial charge in [0.1, 0.15) is 5.78 Å². The first-order chi connectivity index (χ1) is 9.41. The minimum atomic E-state index is -0.557. The maximum atomic E-state index is 12.4. The van der Waals surface area contributed by atoms with Gasteiger partial charge in [0.05, 0.1) is 6.04 Å². The largest absolute Gasteiger partial charge is 0.398 e. The number of fused-ring (bicyclic) bond motifs is 1. The molecule has 0 saturated carbocycles. The summed E-state index contributed by atoms with van der Waals surface area (Å²) in [6.45, 7) is 3.27. The summed E-state index contributed by atoms with van der Waals surface area (Å²) in [5.74, 6) is -0.276. The van der Waals surface area contributed by atoms with Gasteiger partial charge in [0.15, 0.2) is 5.78 Å². The molecule has 0 aliphatic carbocycles. The van der Waals surface area contributed by atoms with Crippen molar-refractivity contribution in [2.24, 2.45) is 0 Å². The first kappa shape index (κ1) is 14.2. The highest BCUT2D eigenvalue weighted by Crippen LogP contribution is 2.30. The Bertz CT molecular complexity index is 580. The highest BCUT2D eigenvalue weighted by Gasteiger charge is 2.35. The fraction of sp³-hybridized carbons (Fsp3) is 0.400. The number of ketones is 2. The van der Waals surface area contributed by atoms with E-state index in [1.807, 2.05) is 0 Å². The quantitative estimate of drug-likeness (QED) is 0.826. The second-order valence-electron chi connectivity index (χ2n) is 5.17. The van der Waals surface area contributed by atoms with Gasteiger partial charge >= 0.3 is 0 Å². The van der Waals surface area contributed by atoms with Crippen molar-refractivity contribution in [1.29, 1.82) is 0 Å². The van der Waals surface area contributed by atoms with Crippen LogP contribution >= 0.6 is 0 Å². The van der Waals surface area contributed by atoms with Gasteiger partial charge in [-0.2, -0.15) is 0 Å². The fourth-order valence-electron chi connectivity index (χ4n) is 2.55. The van der Waals surface area contributed by atoms with E-state index in [0.717, 1.165) is 5.56 Å². The number of amides is 1. The van der Waals surface area contributed by atoms with E-state index in [2.05, 4.69) is 0 Å². The molecule has 5 heteroatoms. The van der Waals surface area contributed by atoms with E-state index in [1.165, 1.54) is 18.7 Å². The number of hydrogen-bond acceptors (Lipinski definition) is 4. The topological polar surface area (TPSA) is 80.5 Å². The van der Waals surface area contributed by atoms with Crippen LogP contribution < -0.4 is 5.73 Å². The molecule has 106 valence electrons. The van der Waals surface area contributed by atoms with Gasteiger partial charge in [-0.1, -0.05) is 6.07 Å². The lowest BCUT2D eigenvalue weighted by molar-refractivity contribution is -0.122. The van der Waals surface area contributed by atoms with E-state index >= 15 is 0 Å². The number of nitrogens with zero attached hydrogens (tertiary/aromatic N) is 1. The summed E-state index contributed by atoms with van der Waals surface area (Å²) in [5.41, 5.74) is 7.76. The lowest BCUT2D eigenvalue weighted by atomic mass is 10.0. The molecule has 1 unspecified atom stereocenters. The van der Waals surface area contributed by atoms with Crippen molar-refractivity contribution < 1.29 is 14.4 Å². The first-order valence-corrected chi connectivity index (χ1v) is 6.60. The Morgan fingerprint density at radius 3 is 2.60 bits per heavy atom. The normalized spacial score (nSPS) is 15.1. The third-order valence-corrected chi connectivity index (χ3v) is 3.65. The van der Waals surface area contributed by atoms with E-state index in [0.29, 0.717) is 30.6 Å². The van der Waals surface area contributed by atoms with E-state index in [9.17, 15) is 14.4 Å². The molecule has 1 aliphatic heterocycles. The molecule has 2 rings (SSSR count). The molecular formula is C15H18N2O3. The summed E-state index contributed by atoms with van der Waals surface area (Å²) >= 11 is 0. The molecule has 0 aromatic heterocycles. The number of rotatable bonds is 5. The van der Waals surface area contributed by atoms with E-state index in [1.54, 1.807) is 18.2 Å². The maximum absolute atomic E-state index is 12.4. The molecule has 1 amide bonds. The number of benzene rings is 1. The van der Waals surface area contributed by atoms with Crippen LogP contribution in [-0.2, 0) is 16.1 Å². The van der Waals surface area contributed by atoms with Gasteiger partial charge in [-0.3, -0.25) is 9.59 Å². The number of carbonyl (C=O) groups excluding carboxylic acids is 3. The molecule has 0 spiro atoms. The molecular weight excluding hydrogens is 256 g/mol. The number of carbonyl (C=O) groups is 3. The first-order valence-electron chi connectivity index (χ1n) is 6.60. The minimum absolute atomic E-state index is 0.0138. The zero-order valence-electron chi connectivity index (χ0n) is 11.7. The van der Waals surface area contributed by atoms with E-state index in [-0.39, 0.29) is 17.5 Å². The lowest BCUT2D eigenvalue weighted by Gasteiger charge is -2.25. The van der Waals surface area contributed by atoms with Crippen LogP contribution in [0.4, 0.5) is 5.69 Å². The number of hydrogen-bond donors (Lipinski definition) is 1. The molecule has 20 heavy (non-hydrogen) atoms. The Hall–Kier alpha value is -2.17. The van der Waals surface area contributed by atoms with Crippen LogP contribution in [0.3, 0.4) is 0 Å². The van der Waals surface area contributed by atoms with Crippen molar-refractivity contribution in [3.8, 4) is 0 Å².